The molecule has 1 fully saturated rings. The van der Waals surface area contributed by atoms with E-state index in [1.54, 1.807) is 37.3 Å². The van der Waals surface area contributed by atoms with Crippen LogP contribution < -0.4 is 19.1 Å². The molecule has 3 aromatic carbocycles. The highest BCUT2D eigenvalue weighted by molar-refractivity contribution is 9.10. The number of anilines is 1. The Morgan fingerprint density at radius 1 is 0.952 bits per heavy atom. The maximum Gasteiger partial charge on any atom is 0.264 e. The van der Waals surface area contributed by atoms with Crippen molar-refractivity contribution in [2.75, 3.05) is 25.1 Å². The number of halogens is 1. The Morgan fingerprint density at radius 2 is 1.64 bits per heavy atom. The van der Waals surface area contributed by atoms with E-state index in [1.165, 1.54) is 37.3 Å². The normalized spacial score (nSPS) is 14.2. The van der Waals surface area contributed by atoms with Crippen molar-refractivity contribution in [3.8, 4) is 11.5 Å². The van der Waals surface area contributed by atoms with Crippen LogP contribution in [0.1, 0.15) is 38.2 Å². The van der Waals surface area contributed by atoms with Gasteiger partial charge < -0.3 is 19.7 Å². The van der Waals surface area contributed by atoms with Crippen LogP contribution >= 0.6 is 15.9 Å². The Labute approximate surface area is 256 Å². The zero-order chi connectivity index (χ0) is 30.3. The Kier molecular flexibility index (Phi) is 10.5. The third-order valence-electron chi connectivity index (χ3n) is 7.38. The summed E-state index contributed by atoms with van der Waals surface area (Å²) in [5, 5.41) is 3.08. The summed E-state index contributed by atoms with van der Waals surface area (Å²) in [5.41, 5.74) is 1.11. The van der Waals surface area contributed by atoms with E-state index in [9.17, 15) is 18.0 Å². The highest BCUT2D eigenvalue weighted by atomic mass is 79.9. The van der Waals surface area contributed by atoms with Crippen molar-refractivity contribution in [1.29, 1.82) is 0 Å². The molecule has 3 aromatic rings. The van der Waals surface area contributed by atoms with Gasteiger partial charge in [-0.2, -0.15) is 0 Å². The third-order valence-corrected chi connectivity index (χ3v) is 9.64. The van der Waals surface area contributed by atoms with Crippen molar-refractivity contribution in [2.45, 2.75) is 56.1 Å². The first kappa shape index (κ1) is 31.4. The summed E-state index contributed by atoms with van der Waals surface area (Å²) < 4.78 is 40.6. The average molecular weight is 659 g/mol. The number of para-hydroxylation sites is 1. The molecule has 1 atom stereocenters. The fourth-order valence-corrected chi connectivity index (χ4v) is 6.91. The number of ether oxygens (including phenoxy) is 2. The van der Waals surface area contributed by atoms with E-state index in [1.807, 2.05) is 24.3 Å². The number of carbonyl (C=O) groups is 2. The minimum atomic E-state index is -4.24. The Balaban J connectivity index is 1.69. The van der Waals surface area contributed by atoms with Gasteiger partial charge in [-0.25, -0.2) is 8.42 Å². The molecule has 0 aliphatic heterocycles. The second-order valence-corrected chi connectivity index (χ2v) is 13.0. The molecular formula is C31H36BrN3O6S. The standard InChI is InChI=1S/C31H36BrN3O6S/c1-22(31(37)33-25-12-7-8-13-25)34(20-23-10-9-11-24(32)18-23)30(36)21-35(26-14-5-4-6-15-26)42(38,39)27-16-17-28(40-2)29(19-27)41-3/h4-6,9-11,14-19,22,25H,7-8,12-13,20-21H2,1-3H3,(H,33,37)/t22-/m0/s1. The Hall–Kier alpha value is -3.57. The predicted molar refractivity (Wildman–Crippen MR) is 165 cm³/mol. The number of hydrogen-bond donors (Lipinski definition) is 1. The molecule has 224 valence electrons. The molecule has 0 radical (unpaired) electrons. The van der Waals surface area contributed by atoms with E-state index in [4.69, 9.17) is 9.47 Å². The van der Waals surface area contributed by atoms with Crippen LogP contribution in [0.2, 0.25) is 0 Å². The lowest BCUT2D eigenvalue weighted by Crippen LogP contribution is -2.52. The number of sulfonamides is 1. The van der Waals surface area contributed by atoms with Crippen LogP contribution in [0.4, 0.5) is 5.69 Å². The molecule has 0 saturated heterocycles. The molecule has 1 saturated carbocycles. The number of benzene rings is 3. The minimum Gasteiger partial charge on any atom is -0.493 e. The summed E-state index contributed by atoms with van der Waals surface area (Å²) in [7, 11) is -1.36. The van der Waals surface area contributed by atoms with E-state index < -0.39 is 28.5 Å². The van der Waals surface area contributed by atoms with Crippen molar-refractivity contribution in [2.24, 2.45) is 0 Å². The first-order valence-corrected chi connectivity index (χ1v) is 16.0. The van der Waals surface area contributed by atoms with Crippen LogP contribution in [0.3, 0.4) is 0 Å². The summed E-state index contributed by atoms with van der Waals surface area (Å²) in [4.78, 5) is 28.8. The quantitative estimate of drug-likeness (QED) is 0.289. The summed E-state index contributed by atoms with van der Waals surface area (Å²) in [5.74, 6) is -0.163. The summed E-state index contributed by atoms with van der Waals surface area (Å²) in [6, 6.07) is 19.4. The smallest absolute Gasteiger partial charge is 0.264 e. The molecule has 0 unspecified atom stereocenters. The molecule has 0 aromatic heterocycles. The van der Waals surface area contributed by atoms with E-state index in [0.717, 1.165) is 40.0 Å². The van der Waals surface area contributed by atoms with Crippen molar-refractivity contribution in [3.63, 3.8) is 0 Å². The molecule has 9 nitrogen and oxygen atoms in total. The number of carbonyl (C=O) groups excluding carboxylic acids is 2. The molecule has 11 heteroatoms. The van der Waals surface area contributed by atoms with Crippen LogP contribution in [-0.4, -0.2) is 58.0 Å². The molecule has 1 aliphatic rings. The Morgan fingerprint density at radius 3 is 2.29 bits per heavy atom. The second kappa shape index (κ2) is 14.1. The van der Waals surface area contributed by atoms with E-state index >= 15 is 0 Å². The van der Waals surface area contributed by atoms with Crippen LogP contribution in [0.15, 0.2) is 82.2 Å². The summed E-state index contributed by atoms with van der Waals surface area (Å²) >= 11 is 3.47. The van der Waals surface area contributed by atoms with Crippen LogP contribution in [0, 0.1) is 0 Å². The number of nitrogens with one attached hydrogen (secondary N) is 1. The maximum atomic E-state index is 14.1. The van der Waals surface area contributed by atoms with Crippen molar-refractivity contribution in [1.82, 2.24) is 10.2 Å². The molecule has 0 bridgehead atoms. The van der Waals surface area contributed by atoms with E-state index in [2.05, 4.69) is 21.2 Å². The lowest BCUT2D eigenvalue weighted by Gasteiger charge is -2.32. The lowest BCUT2D eigenvalue weighted by molar-refractivity contribution is -0.139. The molecule has 1 aliphatic carbocycles. The molecule has 0 spiro atoms. The predicted octanol–water partition coefficient (Wildman–Crippen LogP) is 5.14. The first-order chi connectivity index (χ1) is 20.1. The van der Waals surface area contributed by atoms with Gasteiger partial charge in [0.15, 0.2) is 11.5 Å². The number of amides is 2. The maximum absolute atomic E-state index is 14.1. The fraction of sp³-hybridized carbons (Fsp3) is 0.355. The lowest BCUT2D eigenvalue weighted by atomic mass is 10.1. The van der Waals surface area contributed by atoms with Crippen LogP contribution in [-0.2, 0) is 26.2 Å². The van der Waals surface area contributed by atoms with Gasteiger partial charge >= 0.3 is 0 Å². The number of methoxy groups -OCH3 is 2. The first-order valence-electron chi connectivity index (χ1n) is 13.8. The third kappa shape index (κ3) is 7.43. The minimum absolute atomic E-state index is 0.0673. The largest absolute Gasteiger partial charge is 0.493 e. The molecule has 4 rings (SSSR count). The molecule has 42 heavy (non-hydrogen) atoms. The monoisotopic (exact) mass is 657 g/mol. The van der Waals surface area contributed by atoms with Gasteiger partial charge in [0, 0.05) is 23.1 Å². The molecule has 1 N–H and O–H groups in total. The highest BCUT2D eigenvalue weighted by Crippen LogP contribution is 2.32. The van der Waals surface area contributed by atoms with Gasteiger partial charge in [0.2, 0.25) is 11.8 Å². The molecule has 2 amide bonds. The molecule has 0 heterocycles. The van der Waals surface area contributed by atoms with Gasteiger partial charge in [-0.1, -0.05) is 59.1 Å². The topological polar surface area (TPSA) is 105 Å². The SMILES string of the molecule is COc1ccc(S(=O)(=O)N(CC(=O)N(Cc2cccc(Br)c2)[C@@H](C)C(=O)NC2CCCC2)c2ccccc2)cc1OC. The van der Waals surface area contributed by atoms with E-state index in [-0.39, 0.29) is 29.1 Å². The summed E-state index contributed by atoms with van der Waals surface area (Å²) in [6.07, 6.45) is 3.92. The van der Waals surface area contributed by atoms with Crippen molar-refractivity contribution >= 4 is 43.5 Å². The fourth-order valence-electron chi connectivity index (χ4n) is 5.03. The number of hydrogen-bond acceptors (Lipinski definition) is 6. The Bertz CT molecular complexity index is 1500. The molecular weight excluding hydrogens is 622 g/mol. The van der Waals surface area contributed by atoms with Gasteiger partial charge in [0.05, 0.1) is 24.8 Å². The average Bonchev–Trinajstić information content (AvgIpc) is 3.51. The van der Waals surface area contributed by atoms with Gasteiger partial charge in [-0.3, -0.25) is 13.9 Å². The van der Waals surface area contributed by atoms with Gasteiger partial charge in [-0.15, -0.1) is 0 Å². The highest BCUT2D eigenvalue weighted by Gasteiger charge is 2.33. The second-order valence-electron chi connectivity index (χ2n) is 10.2. The van der Waals surface area contributed by atoms with Gasteiger partial charge in [0.25, 0.3) is 10.0 Å². The van der Waals surface area contributed by atoms with E-state index in [0.29, 0.717) is 11.4 Å². The zero-order valence-electron chi connectivity index (χ0n) is 24.0. The van der Waals surface area contributed by atoms with Crippen molar-refractivity contribution < 1.29 is 27.5 Å². The zero-order valence-corrected chi connectivity index (χ0v) is 26.4. The summed E-state index contributed by atoms with van der Waals surface area (Å²) in [6.45, 7) is 1.28. The van der Waals surface area contributed by atoms with Crippen molar-refractivity contribution in [3.05, 3.63) is 82.8 Å². The van der Waals surface area contributed by atoms with Crippen LogP contribution in [0.5, 0.6) is 11.5 Å². The number of nitrogens with zero attached hydrogens (tertiary/aromatic N) is 2. The number of rotatable bonds is 12. The van der Waals surface area contributed by atoms with Gasteiger partial charge in [-0.05, 0) is 61.7 Å². The van der Waals surface area contributed by atoms with Gasteiger partial charge in [0.1, 0.15) is 12.6 Å². The van der Waals surface area contributed by atoms with Crippen LogP contribution in [0.25, 0.3) is 0 Å².